The zero-order valence-corrected chi connectivity index (χ0v) is 18.8. The Bertz CT molecular complexity index is 1070. The number of hydrogen-bond acceptors (Lipinski definition) is 5. The Labute approximate surface area is 187 Å². The molecule has 6 nitrogen and oxygen atoms in total. The third-order valence-electron chi connectivity index (χ3n) is 5.61. The van der Waals surface area contributed by atoms with Crippen LogP contribution in [0.5, 0.6) is 0 Å². The van der Waals surface area contributed by atoms with Gasteiger partial charge in [0.15, 0.2) is 14.6 Å². The predicted molar refractivity (Wildman–Crippen MR) is 117 cm³/mol. The Morgan fingerprint density at radius 2 is 1.75 bits per heavy atom. The highest BCUT2D eigenvalue weighted by molar-refractivity contribution is 7.92. The van der Waals surface area contributed by atoms with Crippen LogP contribution in [0.2, 0.25) is 0 Å². The topological polar surface area (TPSA) is 96.3 Å². The maximum absolute atomic E-state index is 14.6. The van der Waals surface area contributed by atoms with E-state index in [0.717, 1.165) is 12.3 Å². The summed E-state index contributed by atoms with van der Waals surface area (Å²) in [4.78, 5) is 12.5. The molecule has 32 heavy (non-hydrogen) atoms. The van der Waals surface area contributed by atoms with Crippen LogP contribution in [-0.4, -0.2) is 32.2 Å². The average Bonchev–Trinajstić information content (AvgIpc) is 2.78. The number of halogens is 2. The lowest BCUT2D eigenvalue weighted by Gasteiger charge is -2.35. The van der Waals surface area contributed by atoms with Crippen LogP contribution in [0.4, 0.5) is 13.6 Å². The molecule has 1 amide bonds. The largest absolute Gasteiger partial charge is 0.445 e. The molecule has 2 aromatic carbocycles. The zero-order chi connectivity index (χ0) is 23.8. The van der Waals surface area contributed by atoms with Gasteiger partial charge >= 0.3 is 6.09 Å². The smallest absolute Gasteiger partial charge is 0.408 e. The number of ether oxygens (including phenoxy) is 1. The Morgan fingerprint density at radius 1 is 1.12 bits per heavy atom. The van der Waals surface area contributed by atoms with Crippen LogP contribution in [0.3, 0.4) is 0 Å². The summed E-state index contributed by atoms with van der Waals surface area (Å²) in [6.45, 7) is 0.210. The van der Waals surface area contributed by atoms with Gasteiger partial charge in [0, 0.05) is 11.8 Å². The second-order valence-corrected chi connectivity index (χ2v) is 9.94. The number of nitrogens with zero attached hydrogens (tertiary/aromatic N) is 1. The minimum atomic E-state index is -3.85. The molecule has 0 saturated carbocycles. The van der Waals surface area contributed by atoms with E-state index in [1.165, 1.54) is 25.1 Å². The molecule has 0 fully saturated rings. The van der Waals surface area contributed by atoms with E-state index in [1.807, 2.05) is 6.07 Å². The highest BCUT2D eigenvalue weighted by atomic mass is 32.2. The molecule has 2 atom stereocenters. The molecule has 2 rings (SSSR count). The Kier molecular flexibility index (Phi) is 8.33. The molecule has 172 valence electrons. The van der Waals surface area contributed by atoms with Crippen LogP contribution in [-0.2, 0) is 26.7 Å². The van der Waals surface area contributed by atoms with Crippen molar-refractivity contribution in [3.8, 4) is 6.07 Å². The van der Waals surface area contributed by atoms with E-state index in [-0.39, 0.29) is 31.4 Å². The summed E-state index contributed by atoms with van der Waals surface area (Å²) < 4.78 is 57.1. The molecule has 0 saturated heterocycles. The van der Waals surface area contributed by atoms with E-state index >= 15 is 0 Å². The summed E-state index contributed by atoms with van der Waals surface area (Å²) in [5, 5.41) is 12.0. The molecule has 0 aliphatic rings. The molecule has 0 heterocycles. The van der Waals surface area contributed by atoms with Gasteiger partial charge in [0.25, 0.3) is 0 Å². The highest BCUT2D eigenvalue weighted by Gasteiger charge is 2.44. The number of nitrogens with one attached hydrogen (secondary N) is 1. The number of amides is 1. The molecular weight excluding hydrogens is 438 g/mol. The van der Waals surface area contributed by atoms with E-state index in [2.05, 4.69) is 5.32 Å². The van der Waals surface area contributed by atoms with Crippen LogP contribution < -0.4 is 5.32 Å². The monoisotopic (exact) mass is 464 g/mol. The van der Waals surface area contributed by atoms with Crippen molar-refractivity contribution in [1.29, 1.82) is 5.26 Å². The first-order chi connectivity index (χ1) is 15.1. The summed E-state index contributed by atoms with van der Waals surface area (Å²) in [7, 11) is -3.85. The second-order valence-electron chi connectivity index (χ2n) is 7.61. The van der Waals surface area contributed by atoms with E-state index in [1.54, 1.807) is 30.3 Å². The molecule has 2 aromatic rings. The van der Waals surface area contributed by atoms with Gasteiger partial charge in [-0.25, -0.2) is 22.0 Å². The van der Waals surface area contributed by atoms with Gasteiger partial charge in [-0.1, -0.05) is 55.5 Å². The van der Waals surface area contributed by atoms with Gasteiger partial charge in [0.2, 0.25) is 0 Å². The number of alkyl halides is 1. The van der Waals surface area contributed by atoms with Gasteiger partial charge in [0.05, 0.1) is 11.6 Å². The molecule has 0 spiro atoms. The van der Waals surface area contributed by atoms with E-state index in [0.29, 0.717) is 5.56 Å². The third kappa shape index (κ3) is 5.62. The lowest BCUT2D eigenvalue weighted by atomic mass is 9.83. The fourth-order valence-corrected chi connectivity index (χ4v) is 4.66. The number of sulfone groups is 1. The number of hydrogen-bond donors (Lipinski definition) is 1. The zero-order valence-electron chi connectivity index (χ0n) is 18.0. The third-order valence-corrected chi connectivity index (χ3v) is 7.62. The van der Waals surface area contributed by atoms with Crippen LogP contribution in [0, 0.1) is 17.1 Å². The normalized spacial score (nSPS) is 15.1. The Hall–Kier alpha value is -2.99. The van der Waals surface area contributed by atoms with E-state index in [4.69, 9.17) is 4.74 Å². The molecule has 0 radical (unpaired) electrons. The number of benzene rings is 2. The van der Waals surface area contributed by atoms with Crippen molar-refractivity contribution in [3.05, 3.63) is 71.5 Å². The maximum atomic E-state index is 14.6. The summed E-state index contributed by atoms with van der Waals surface area (Å²) in [6, 6.07) is 15.9. The Balaban J connectivity index is 2.36. The van der Waals surface area contributed by atoms with Crippen LogP contribution in [0.1, 0.15) is 37.3 Å². The molecular formula is C23H26F2N2O4S. The lowest BCUT2D eigenvalue weighted by molar-refractivity contribution is 0.115. The van der Waals surface area contributed by atoms with Gasteiger partial charge < -0.3 is 10.1 Å². The van der Waals surface area contributed by atoms with Crippen molar-refractivity contribution in [2.24, 2.45) is 0 Å². The van der Waals surface area contributed by atoms with Crippen molar-refractivity contribution in [2.75, 3.05) is 12.9 Å². The summed E-state index contributed by atoms with van der Waals surface area (Å²) in [6.07, 6.45) is -0.745. The predicted octanol–water partition coefficient (Wildman–Crippen LogP) is 4.41. The maximum Gasteiger partial charge on any atom is 0.408 e. The first-order valence-electron chi connectivity index (χ1n) is 10.0. The van der Waals surface area contributed by atoms with Gasteiger partial charge in [-0.3, -0.25) is 0 Å². The summed E-state index contributed by atoms with van der Waals surface area (Å²) >= 11 is 0. The number of alkyl carbamates (subject to hydrolysis) is 1. The molecule has 0 aromatic heterocycles. The molecule has 0 bridgehead atoms. The minimum Gasteiger partial charge on any atom is -0.445 e. The minimum absolute atomic E-state index is 0.0412. The van der Waals surface area contributed by atoms with Crippen LogP contribution in [0.25, 0.3) is 0 Å². The number of rotatable bonds is 10. The summed E-state index contributed by atoms with van der Waals surface area (Å²) in [5.41, 5.74) is -1.37. The van der Waals surface area contributed by atoms with Gasteiger partial charge in [-0.05, 0) is 30.9 Å². The van der Waals surface area contributed by atoms with Crippen molar-refractivity contribution < 1.29 is 26.7 Å². The first-order valence-corrected chi connectivity index (χ1v) is 11.9. The van der Waals surface area contributed by atoms with Crippen LogP contribution >= 0.6 is 0 Å². The van der Waals surface area contributed by atoms with E-state index in [9.17, 15) is 27.3 Å². The SMILES string of the molecule is CCC(C#N)(CCC(CF)(NC(=O)OCc1ccccc1)c1ccccc1F)S(C)(=O)=O. The van der Waals surface area contributed by atoms with Crippen LogP contribution in [0.15, 0.2) is 54.6 Å². The number of carbonyl (C=O) groups excluding carboxylic acids is 1. The molecule has 9 heteroatoms. The number of carbonyl (C=O) groups is 1. The molecule has 2 unspecified atom stereocenters. The standard InChI is InChI=1S/C23H26F2N2O4S/c1-3-22(17-26,32(2,29)30)13-14-23(16-24,19-11-7-8-12-20(19)25)27-21(28)31-15-18-9-5-4-6-10-18/h4-12H,3,13-16H2,1-2H3,(H,27,28). The molecule has 0 aliphatic heterocycles. The Morgan fingerprint density at radius 3 is 2.28 bits per heavy atom. The van der Waals surface area contributed by atoms with Crippen molar-refractivity contribution in [3.63, 3.8) is 0 Å². The summed E-state index contributed by atoms with van der Waals surface area (Å²) in [5.74, 6) is -0.771. The first kappa shape index (κ1) is 25.3. The lowest BCUT2D eigenvalue weighted by Crippen LogP contribution is -2.50. The van der Waals surface area contributed by atoms with Gasteiger partial charge in [-0.15, -0.1) is 0 Å². The quantitative estimate of drug-likeness (QED) is 0.562. The second kappa shape index (κ2) is 10.6. The highest BCUT2D eigenvalue weighted by Crippen LogP contribution is 2.35. The molecule has 0 aliphatic carbocycles. The van der Waals surface area contributed by atoms with Crippen molar-refractivity contribution >= 4 is 15.9 Å². The van der Waals surface area contributed by atoms with Gasteiger partial charge in [-0.2, -0.15) is 5.26 Å². The van der Waals surface area contributed by atoms with Gasteiger partial charge in [0.1, 0.15) is 19.1 Å². The van der Waals surface area contributed by atoms with E-state index < -0.39 is 38.7 Å². The van der Waals surface area contributed by atoms with Crippen molar-refractivity contribution in [2.45, 2.75) is 43.1 Å². The fourth-order valence-electron chi connectivity index (χ4n) is 3.50. The fraction of sp³-hybridized carbons (Fsp3) is 0.391. The number of nitriles is 1. The van der Waals surface area contributed by atoms with Crippen molar-refractivity contribution in [1.82, 2.24) is 5.32 Å². The molecule has 1 N–H and O–H groups in total. The average molecular weight is 465 g/mol.